The molecule has 2 rings (SSSR count). The first-order valence-electron chi connectivity index (χ1n) is 5.54. The smallest absolute Gasteiger partial charge is 0.221 e. The summed E-state index contributed by atoms with van der Waals surface area (Å²) in [6.45, 7) is 2.73. The van der Waals surface area contributed by atoms with Gasteiger partial charge in [-0.1, -0.05) is 0 Å². The standard InChI is InChI=1S/C11H17N3O/c12-5-4-11(2-3-11)8-14-6-1-9(7-14)10(13)15/h9H,1-4,6-8H2,(H2,13,15). The highest BCUT2D eigenvalue weighted by molar-refractivity contribution is 5.77. The van der Waals surface area contributed by atoms with Crippen molar-refractivity contribution in [3.8, 4) is 6.07 Å². The normalized spacial score (nSPS) is 28.6. The molecule has 0 bridgehead atoms. The van der Waals surface area contributed by atoms with Gasteiger partial charge in [0.25, 0.3) is 0 Å². The molecule has 0 aromatic carbocycles. The van der Waals surface area contributed by atoms with Gasteiger partial charge in [0.2, 0.25) is 5.91 Å². The van der Waals surface area contributed by atoms with Crippen molar-refractivity contribution in [1.29, 1.82) is 5.26 Å². The zero-order valence-electron chi connectivity index (χ0n) is 8.91. The predicted molar refractivity (Wildman–Crippen MR) is 55.6 cm³/mol. The summed E-state index contributed by atoms with van der Waals surface area (Å²) in [6.07, 6.45) is 3.87. The van der Waals surface area contributed by atoms with E-state index in [9.17, 15) is 4.79 Å². The first-order valence-corrected chi connectivity index (χ1v) is 5.54. The second-order valence-corrected chi connectivity index (χ2v) is 4.96. The third-order valence-corrected chi connectivity index (χ3v) is 3.64. The van der Waals surface area contributed by atoms with Gasteiger partial charge in [-0.2, -0.15) is 5.26 Å². The van der Waals surface area contributed by atoms with Crippen LogP contribution in [0.2, 0.25) is 0 Å². The summed E-state index contributed by atoms with van der Waals surface area (Å²) < 4.78 is 0. The van der Waals surface area contributed by atoms with Crippen LogP contribution >= 0.6 is 0 Å². The lowest BCUT2D eigenvalue weighted by atomic mass is 10.0. The molecule has 4 nitrogen and oxygen atoms in total. The Morgan fingerprint density at radius 3 is 2.80 bits per heavy atom. The van der Waals surface area contributed by atoms with Gasteiger partial charge in [0.15, 0.2) is 0 Å². The molecule has 1 unspecified atom stereocenters. The highest BCUT2D eigenvalue weighted by atomic mass is 16.1. The summed E-state index contributed by atoms with van der Waals surface area (Å²) in [5, 5.41) is 8.71. The Bertz CT molecular complexity index is 303. The van der Waals surface area contributed by atoms with Crippen LogP contribution in [0, 0.1) is 22.7 Å². The molecule has 1 heterocycles. The highest BCUT2D eigenvalue weighted by Crippen LogP contribution is 2.49. The van der Waals surface area contributed by atoms with Gasteiger partial charge in [-0.25, -0.2) is 0 Å². The van der Waals surface area contributed by atoms with E-state index in [1.165, 1.54) is 0 Å². The van der Waals surface area contributed by atoms with Crippen LogP contribution in [0.15, 0.2) is 0 Å². The molecule has 1 saturated carbocycles. The first-order chi connectivity index (χ1) is 7.15. The SMILES string of the molecule is N#CCC1(CN2CCC(C(N)=O)C2)CC1. The van der Waals surface area contributed by atoms with Crippen molar-refractivity contribution in [3.63, 3.8) is 0 Å². The molecule has 82 valence electrons. The molecule has 2 aliphatic rings. The van der Waals surface area contributed by atoms with Crippen molar-refractivity contribution >= 4 is 5.91 Å². The van der Waals surface area contributed by atoms with Crippen LogP contribution in [-0.2, 0) is 4.79 Å². The summed E-state index contributed by atoms with van der Waals surface area (Å²) in [7, 11) is 0. The van der Waals surface area contributed by atoms with Crippen molar-refractivity contribution in [2.75, 3.05) is 19.6 Å². The minimum Gasteiger partial charge on any atom is -0.369 e. The topological polar surface area (TPSA) is 70.1 Å². The fourth-order valence-corrected chi connectivity index (χ4v) is 2.42. The maximum Gasteiger partial charge on any atom is 0.221 e. The summed E-state index contributed by atoms with van der Waals surface area (Å²) in [5.41, 5.74) is 5.53. The molecule has 15 heavy (non-hydrogen) atoms. The van der Waals surface area contributed by atoms with E-state index in [1.807, 2.05) is 0 Å². The van der Waals surface area contributed by atoms with Gasteiger partial charge in [-0.05, 0) is 31.2 Å². The molecule has 2 fully saturated rings. The number of primary amides is 1. The molecule has 1 aliphatic carbocycles. The van der Waals surface area contributed by atoms with Gasteiger partial charge in [0.05, 0.1) is 12.0 Å². The Hall–Kier alpha value is -1.08. The minimum atomic E-state index is -0.178. The quantitative estimate of drug-likeness (QED) is 0.729. The molecule has 0 aromatic rings. The number of hydrogen-bond acceptors (Lipinski definition) is 3. The van der Waals surface area contributed by atoms with Gasteiger partial charge < -0.3 is 10.6 Å². The Labute approximate surface area is 90.0 Å². The number of nitrogens with two attached hydrogens (primary N) is 1. The average molecular weight is 207 g/mol. The molecular weight excluding hydrogens is 190 g/mol. The third kappa shape index (κ3) is 2.29. The number of carbonyl (C=O) groups is 1. The Balaban J connectivity index is 1.83. The molecule has 0 aromatic heterocycles. The number of nitriles is 1. The van der Waals surface area contributed by atoms with Crippen molar-refractivity contribution in [2.45, 2.75) is 25.7 Å². The van der Waals surface area contributed by atoms with Crippen LogP contribution in [0.4, 0.5) is 0 Å². The predicted octanol–water partition coefficient (Wildman–Crippen LogP) is 0.487. The maximum atomic E-state index is 11.0. The first kappa shape index (κ1) is 10.4. The molecule has 1 saturated heterocycles. The lowest BCUT2D eigenvalue weighted by Crippen LogP contribution is -2.31. The number of hydrogen-bond donors (Lipinski definition) is 1. The zero-order valence-corrected chi connectivity index (χ0v) is 8.91. The molecular formula is C11H17N3O. The van der Waals surface area contributed by atoms with E-state index in [1.54, 1.807) is 0 Å². The van der Waals surface area contributed by atoms with Crippen LogP contribution < -0.4 is 5.73 Å². The van der Waals surface area contributed by atoms with E-state index in [2.05, 4.69) is 11.0 Å². The number of carbonyl (C=O) groups excluding carboxylic acids is 1. The number of amides is 1. The summed E-state index contributed by atoms with van der Waals surface area (Å²) >= 11 is 0. The second kappa shape index (κ2) is 3.82. The average Bonchev–Trinajstić information content (AvgIpc) is 2.77. The van der Waals surface area contributed by atoms with Gasteiger partial charge in [0, 0.05) is 19.5 Å². The van der Waals surface area contributed by atoms with Gasteiger partial charge in [-0.3, -0.25) is 4.79 Å². The molecule has 2 N–H and O–H groups in total. The molecule has 1 atom stereocenters. The molecule has 1 amide bonds. The van der Waals surface area contributed by atoms with Crippen molar-refractivity contribution < 1.29 is 4.79 Å². The number of nitrogens with zero attached hydrogens (tertiary/aromatic N) is 2. The summed E-state index contributed by atoms with van der Waals surface area (Å²) in [5.74, 6) is -0.148. The Morgan fingerprint density at radius 2 is 2.33 bits per heavy atom. The van der Waals surface area contributed by atoms with Crippen LogP contribution in [0.5, 0.6) is 0 Å². The van der Waals surface area contributed by atoms with E-state index in [4.69, 9.17) is 11.0 Å². The largest absolute Gasteiger partial charge is 0.369 e. The lowest BCUT2D eigenvalue weighted by molar-refractivity contribution is -0.121. The van der Waals surface area contributed by atoms with Crippen LogP contribution in [0.25, 0.3) is 0 Å². The van der Waals surface area contributed by atoms with Crippen LogP contribution in [0.1, 0.15) is 25.7 Å². The van der Waals surface area contributed by atoms with E-state index < -0.39 is 0 Å². The highest BCUT2D eigenvalue weighted by Gasteiger charge is 2.44. The van der Waals surface area contributed by atoms with Crippen LogP contribution in [0.3, 0.4) is 0 Å². The van der Waals surface area contributed by atoms with E-state index >= 15 is 0 Å². The fraction of sp³-hybridized carbons (Fsp3) is 0.818. The molecule has 0 spiro atoms. The monoisotopic (exact) mass is 207 g/mol. The van der Waals surface area contributed by atoms with Gasteiger partial charge in [-0.15, -0.1) is 0 Å². The third-order valence-electron chi connectivity index (χ3n) is 3.64. The maximum absolute atomic E-state index is 11.0. The van der Waals surface area contributed by atoms with Crippen molar-refractivity contribution in [3.05, 3.63) is 0 Å². The summed E-state index contributed by atoms with van der Waals surface area (Å²) in [4.78, 5) is 13.3. The van der Waals surface area contributed by atoms with Gasteiger partial charge in [0.1, 0.15) is 0 Å². The number of likely N-dealkylation sites (tertiary alicyclic amines) is 1. The van der Waals surface area contributed by atoms with E-state index in [0.29, 0.717) is 6.42 Å². The Kier molecular flexibility index (Phi) is 2.66. The summed E-state index contributed by atoms with van der Waals surface area (Å²) in [6, 6.07) is 2.26. The van der Waals surface area contributed by atoms with Crippen molar-refractivity contribution in [1.82, 2.24) is 4.90 Å². The van der Waals surface area contributed by atoms with Crippen molar-refractivity contribution in [2.24, 2.45) is 17.1 Å². The van der Waals surface area contributed by atoms with E-state index in [0.717, 1.165) is 38.9 Å². The van der Waals surface area contributed by atoms with Crippen LogP contribution in [-0.4, -0.2) is 30.4 Å². The molecule has 1 aliphatic heterocycles. The molecule has 0 radical (unpaired) electrons. The Morgan fingerprint density at radius 1 is 1.60 bits per heavy atom. The fourth-order valence-electron chi connectivity index (χ4n) is 2.42. The lowest BCUT2D eigenvalue weighted by Gasteiger charge is -2.20. The van der Waals surface area contributed by atoms with Gasteiger partial charge >= 0.3 is 0 Å². The molecule has 4 heteroatoms. The zero-order chi connectivity index (χ0) is 10.9. The second-order valence-electron chi connectivity index (χ2n) is 4.96. The number of rotatable bonds is 4. The minimum absolute atomic E-state index is 0.0304. The van der Waals surface area contributed by atoms with E-state index in [-0.39, 0.29) is 17.2 Å².